The Hall–Kier alpha value is -3.86. The predicted octanol–water partition coefficient (Wildman–Crippen LogP) is 4.50. The number of aromatic nitrogens is 2. The van der Waals surface area contributed by atoms with Gasteiger partial charge in [-0.3, -0.25) is 4.79 Å². The van der Waals surface area contributed by atoms with Crippen molar-refractivity contribution in [3.8, 4) is 11.8 Å². The van der Waals surface area contributed by atoms with Crippen LogP contribution in [0.15, 0.2) is 54.6 Å². The van der Waals surface area contributed by atoms with E-state index in [2.05, 4.69) is 25.9 Å². The minimum Gasteiger partial charge on any atom is -0.494 e. The first-order valence-electron chi connectivity index (χ1n) is 13.4. The van der Waals surface area contributed by atoms with Crippen LogP contribution in [0.5, 0.6) is 11.8 Å². The number of hydrogen-bond acceptors (Lipinski definition) is 7. The van der Waals surface area contributed by atoms with E-state index in [1.54, 1.807) is 18.2 Å². The molecular weight excluding hydrogens is 523 g/mol. The van der Waals surface area contributed by atoms with Crippen LogP contribution in [0.3, 0.4) is 0 Å². The fraction of sp³-hybridized carbons (Fsp3) is 0.414. The molecule has 1 spiro atoms. The highest BCUT2D eigenvalue weighted by atomic mass is 19.4. The second kappa shape index (κ2) is 12.1. The summed E-state index contributed by atoms with van der Waals surface area (Å²) in [4.78, 5) is 21.1. The van der Waals surface area contributed by atoms with Crippen molar-refractivity contribution in [3.63, 3.8) is 0 Å². The number of ether oxygens (including phenoxy) is 2. The molecule has 6 bridgehead atoms. The van der Waals surface area contributed by atoms with E-state index < -0.39 is 12.8 Å². The SMILES string of the molecule is O=C1NCC2(CC2)CNCCCOc2ccc(cc2)CNc2cc(nc(OCC(F)(F)F)n2)Cc2ccc1cc2. The summed E-state index contributed by atoms with van der Waals surface area (Å²) in [6.07, 6.45) is -1.18. The molecular formula is C29H32F3N5O3. The van der Waals surface area contributed by atoms with Gasteiger partial charge in [0, 0.05) is 43.1 Å². The number of nitrogens with one attached hydrogen (secondary N) is 3. The second-order valence-electron chi connectivity index (χ2n) is 10.4. The standard InChI is InChI=1S/C29H32F3N5O3/c30-29(31,32)19-40-27-36-23-14-20-2-6-22(7-3-20)26(38)35-18-28(10-11-28)17-33-12-1-13-39-24-8-4-21(5-9-24)16-34-25(15-23)37-27/h2-9,15,33H,1,10-14,16-19H2,(H,35,38)(H,34,36,37). The molecule has 8 rings (SSSR count). The summed E-state index contributed by atoms with van der Waals surface area (Å²) in [5, 5.41) is 9.70. The van der Waals surface area contributed by atoms with Crippen molar-refractivity contribution in [2.75, 3.05) is 38.2 Å². The highest BCUT2D eigenvalue weighted by Crippen LogP contribution is 2.44. The fourth-order valence-electron chi connectivity index (χ4n) is 4.45. The molecule has 1 aliphatic carbocycles. The zero-order chi connectivity index (χ0) is 28.0. The van der Waals surface area contributed by atoms with Crippen molar-refractivity contribution in [2.45, 2.75) is 38.4 Å². The number of amides is 1. The summed E-state index contributed by atoms with van der Waals surface area (Å²) in [7, 11) is 0. The summed E-state index contributed by atoms with van der Waals surface area (Å²) in [6, 6.07) is 16.1. The molecule has 3 N–H and O–H groups in total. The van der Waals surface area contributed by atoms with Crippen molar-refractivity contribution in [2.24, 2.45) is 5.41 Å². The van der Waals surface area contributed by atoms with Gasteiger partial charge in [0.15, 0.2) is 6.61 Å². The van der Waals surface area contributed by atoms with Crippen LogP contribution in [0.2, 0.25) is 0 Å². The summed E-state index contributed by atoms with van der Waals surface area (Å²) in [6.45, 7) is 1.78. The van der Waals surface area contributed by atoms with Crippen LogP contribution in [0, 0.1) is 5.41 Å². The van der Waals surface area contributed by atoms with E-state index in [0.717, 1.165) is 49.2 Å². The van der Waals surface area contributed by atoms with Gasteiger partial charge in [0.1, 0.15) is 11.6 Å². The maximum atomic E-state index is 12.8. The van der Waals surface area contributed by atoms with Gasteiger partial charge in [0.2, 0.25) is 0 Å². The smallest absolute Gasteiger partial charge is 0.422 e. The maximum absolute atomic E-state index is 12.8. The molecule has 11 heteroatoms. The lowest BCUT2D eigenvalue weighted by Gasteiger charge is -2.17. The van der Waals surface area contributed by atoms with Crippen LogP contribution >= 0.6 is 0 Å². The molecule has 1 amide bonds. The molecule has 3 aromatic rings. The molecule has 1 saturated carbocycles. The van der Waals surface area contributed by atoms with Gasteiger partial charge in [-0.1, -0.05) is 24.3 Å². The van der Waals surface area contributed by atoms with Gasteiger partial charge in [0.25, 0.3) is 5.91 Å². The molecule has 0 saturated heterocycles. The average Bonchev–Trinajstić information content (AvgIpc) is 3.71. The van der Waals surface area contributed by atoms with Crippen molar-refractivity contribution >= 4 is 11.7 Å². The normalized spacial score (nSPS) is 17.8. The Morgan fingerprint density at radius 2 is 1.70 bits per heavy atom. The Balaban J connectivity index is 1.35. The van der Waals surface area contributed by atoms with Crippen LogP contribution in [0.4, 0.5) is 19.0 Å². The van der Waals surface area contributed by atoms with Gasteiger partial charge < -0.3 is 25.4 Å². The number of anilines is 1. The van der Waals surface area contributed by atoms with Crippen molar-refractivity contribution in [1.82, 2.24) is 20.6 Å². The molecule has 1 aromatic heterocycles. The van der Waals surface area contributed by atoms with Crippen LogP contribution in [-0.4, -0.2) is 54.9 Å². The van der Waals surface area contributed by atoms with E-state index in [1.807, 2.05) is 36.4 Å². The topological polar surface area (TPSA) is 97.4 Å². The van der Waals surface area contributed by atoms with Crippen molar-refractivity contribution in [3.05, 3.63) is 77.0 Å². The second-order valence-corrected chi connectivity index (χ2v) is 10.4. The lowest BCUT2D eigenvalue weighted by atomic mass is 10.1. The van der Waals surface area contributed by atoms with Crippen LogP contribution in [0.1, 0.15) is 46.4 Å². The number of benzene rings is 2. The largest absolute Gasteiger partial charge is 0.494 e. The number of rotatable bonds is 2. The fourth-order valence-corrected chi connectivity index (χ4v) is 4.45. The number of carbonyl (C=O) groups is 1. The number of hydrogen-bond donors (Lipinski definition) is 3. The van der Waals surface area contributed by atoms with Crippen molar-refractivity contribution < 1.29 is 27.4 Å². The number of carbonyl (C=O) groups excluding carboxylic acids is 1. The molecule has 0 atom stereocenters. The molecule has 40 heavy (non-hydrogen) atoms. The Kier molecular flexibility index (Phi) is 8.39. The summed E-state index contributed by atoms with van der Waals surface area (Å²) >= 11 is 0. The van der Waals surface area contributed by atoms with Crippen LogP contribution in [0.25, 0.3) is 0 Å². The maximum Gasteiger partial charge on any atom is 0.422 e. The molecule has 1 fully saturated rings. The lowest BCUT2D eigenvalue weighted by molar-refractivity contribution is -0.154. The molecule has 0 unspecified atom stereocenters. The van der Waals surface area contributed by atoms with Crippen molar-refractivity contribution in [1.29, 1.82) is 0 Å². The van der Waals surface area contributed by atoms with Gasteiger partial charge in [0.05, 0.1) is 12.3 Å². The average molecular weight is 556 g/mol. The van der Waals surface area contributed by atoms with Crippen LogP contribution in [-0.2, 0) is 13.0 Å². The Morgan fingerprint density at radius 1 is 0.950 bits per heavy atom. The predicted molar refractivity (Wildman–Crippen MR) is 144 cm³/mol. The first-order valence-corrected chi connectivity index (χ1v) is 13.4. The third kappa shape index (κ3) is 8.08. The third-order valence-corrected chi connectivity index (χ3v) is 6.97. The van der Waals surface area contributed by atoms with E-state index >= 15 is 0 Å². The lowest BCUT2D eigenvalue weighted by Crippen LogP contribution is -2.36. The minimum atomic E-state index is -4.51. The minimum absolute atomic E-state index is 0.102. The first-order chi connectivity index (χ1) is 19.3. The summed E-state index contributed by atoms with van der Waals surface area (Å²) < 4.78 is 49.0. The number of alkyl halides is 3. The van der Waals surface area contributed by atoms with Gasteiger partial charge in [-0.05, 0) is 61.2 Å². The van der Waals surface area contributed by atoms with Gasteiger partial charge in [-0.25, -0.2) is 0 Å². The molecule has 5 heterocycles. The van der Waals surface area contributed by atoms with E-state index in [4.69, 9.17) is 9.47 Å². The Morgan fingerprint density at radius 3 is 2.42 bits per heavy atom. The van der Waals surface area contributed by atoms with Gasteiger partial charge in [-0.2, -0.15) is 23.1 Å². The van der Waals surface area contributed by atoms with E-state index in [1.165, 1.54) is 0 Å². The van der Waals surface area contributed by atoms with Gasteiger partial charge in [-0.15, -0.1) is 0 Å². The van der Waals surface area contributed by atoms with Gasteiger partial charge >= 0.3 is 12.2 Å². The quantitative estimate of drug-likeness (QED) is 0.428. The molecule has 5 aliphatic rings. The van der Waals surface area contributed by atoms with E-state index in [0.29, 0.717) is 43.2 Å². The zero-order valence-corrected chi connectivity index (χ0v) is 22.0. The monoisotopic (exact) mass is 555 g/mol. The first kappa shape index (κ1) is 27.7. The van der Waals surface area contributed by atoms with E-state index in [-0.39, 0.29) is 17.3 Å². The third-order valence-electron chi connectivity index (χ3n) is 6.97. The summed E-state index contributed by atoms with van der Waals surface area (Å²) in [5.74, 6) is 0.967. The zero-order valence-electron chi connectivity index (χ0n) is 22.0. The summed E-state index contributed by atoms with van der Waals surface area (Å²) in [5.41, 5.74) is 2.92. The molecule has 2 aromatic carbocycles. The highest BCUT2D eigenvalue weighted by molar-refractivity contribution is 5.94. The Labute approximate surface area is 230 Å². The molecule has 4 aliphatic heterocycles. The molecule has 212 valence electrons. The van der Waals surface area contributed by atoms with E-state index in [9.17, 15) is 18.0 Å². The number of halogens is 3. The highest BCUT2D eigenvalue weighted by Gasteiger charge is 2.42. The Bertz CT molecular complexity index is 1300. The molecule has 0 radical (unpaired) electrons. The molecule has 8 nitrogen and oxygen atoms in total. The van der Waals surface area contributed by atoms with Crippen LogP contribution < -0.4 is 25.4 Å². The number of nitrogens with zero attached hydrogens (tertiary/aromatic N) is 2.